The lowest BCUT2D eigenvalue weighted by molar-refractivity contribution is 0.249. The van der Waals surface area contributed by atoms with Gasteiger partial charge in [0.25, 0.3) is 0 Å². The standard InChI is InChI=1S/C22H27IO3Si/c1-22(2,3)27(4,5)25-15-19-13-17-11-16(12-20(23)21(17)26-19)14-24-18-9-7-6-8-10-18/h6-13H,14-15H2,1-5H3. The molecule has 1 aromatic heterocycles. The van der Waals surface area contributed by atoms with Crippen LogP contribution in [0.25, 0.3) is 11.0 Å². The molecule has 3 aromatic rings. The maximum Gasteiger partial charge on any atom is 0.192 e. The molecule has 2 aromatic carbocycles. The molecule has 0 fully saturated rings. The molecule has 27 heavy (non-hydrogen) atoms. The largest absolute Gasteiger partial charge is 0.489 e. The smallest absolute Gasteiger partial charge is 0.192 e. The van der Waals surface area contributed by atoms with Crippen molar-refractivity contribution in [1.29, 1.82) is 0 Å². The van der Waals surface area contributed by atoms with E-state index in [2.05, 4.69) is 74.7 Å². The summed E-state index contributed by atoms with van der Waals surface area (Å²) in [7, 11) is -1.79. The van der Waals surface area contributed by atoms with Gasteiger partial charge in [0.05, 0.1) is 10.2 Å². The number of fused-ring (bicyclic) bond motifs is 1. The zero-order valence-corrected chi connectivity index (χ0v) is 19.8. The van der Waals surface area contributed by atoms with E-state index in [1.807, 2.05) is 30.3 Å². The number of furan rings is 1. The Hall–Kier alpha value is -1.31. The highest BCUT2D eigenvalue weighted by Crippen LogP contribution is 2.37. The van der Waals surface area contributed by atoms with E-state index in [0.717, 1.165) is 31.6 Å². The van der Waals surface area contributed by atoms with Crippen LogP contribution in [0.4, 0.5) is 0 Å². The van der Waals surface area contributed by atoms with Gasteiger partial charge < -0.3 is 13.6 Å². The van der Waals surface area contributed by atoms with Crippen molar-refractivity contribution in [1.82, 2.24) is 0 Å². The van der Waals surface area contributed by atoms with E-state index in [4.69, 9.17) is 13.6 Å². The molecule has 0 saturated carbocycles. The summed E-state index contributed by atoms with van der Waals surface area (Å²) in [6.07, 6.45) is 0. The van der Waals surface area contributed by atoms with E-state index < -0.39 is 8.32 Å². The van der Waals surface area contributed by atoms with Crippen molar-refractivity contribution in [3.8, 4) is 5.75 Å². The molecule has 0 aliphatic heterocycles. The molecule has 0 spiro atoms. The van der Waals surface area contributed by atoms with E-state index >= 15 is 0 Å². The monoisotopic (exact) mass is 494 g/mol. The Bertz CT molecular complexity index is 910. The minimum absolute atomic E-state index is 0.190. The number of benzene rings is 2. The molecule has 1 heterocycles. The van der Waals surface area contributed by atoms with Gasteiger partial charge in [-0.05, 0) is 76.6 Å². The average Bonchev–Trinajstić information content (AvgIpc) is 3.02. The fourth-order valence-electron chi connectivity index (χ4n) is 2.53. The Labute approximate surface area is 176 Å². The van der Waals surface area contributed by atoms with Gasteiger partial charge in [-0.2, -0.15) is 0 Å². The first-order chi connectivity index (χ1) is 12.7. The molecule has 0 saturated heterocycles. The zero-order chi connectivity index (χ0) is 19.7. The van der Waals surface area contributed by atoms with Gasteiger partial charge in [0.1, 0.15) is 23.7 Å². The summed E-state index contributed by atoms with van der Waals surface area (Å²) in [5.74, 6) is 1.76. The number of para-hydroxylation sites is 1. The Kier molecular flexibility index (Phi) is 6.03. The lowest BCUT2D eigenvalue weighted by atomic mass is 10.1. The van der Waals surface area contributed by atoms with Crippen LogP contribution < -0.4 is 4.74 Å². The zero-order valence-electron chi connectivity index (χ0n) is 16.6. The van der Waals surface area contributed by atoms with Crippen LogP contribution in [0.15, 0.2) is 52.9 Å². The van der Waals surface area contributed by atoms with E-state index in [9.17, 15) is 0 Å². The lowest BCUT2D eigenvalue weighted by Crippen LogP contribution is -2.40. The highest BCUT2D eigenvalue weighted by Gasteiger charge is 2.37. The van der Waals surface area contributed by atoms with Crippen molar-refractivity contribution in [3.05, 3.63) is 63.4 Å². The molecule has 0 unspecified atom stereocenters. The van der Waals surface area contributed by atoms with Crippen LogP contribution in [0.5, 0.6) is 5.75 Å². The first-order valence-electron chi connectivity index (χ1n) is 9.18. The van der Waals surface area contributed by atoms with Crippen LogP contribution in [-0.4, -0.2) is 8.32 Å². The first-order valence-corrected chi connectivity index (χ1v) is 13.2. The van der Waals surface area contributed by atoms with Crippen LogP contribution in [0.1, 0.15) is 32.1 Å². The quantitative estimate of drug-likeness (QED) is 0.270. The SMILES string of the molecule is CC(C)(C)[Si](C)(C)OCc1cc2cc(COc3ccccc3)cc(I)c2o1. The molecular formula is C22H27IO3Si. The highest BCUT2D eigenvalue weighted by molar-refractivity contribution is 14.1. The van der Waals surface area contributed by atoms with Crippen molar-refractivity contribution < 1.29 is 13.6 Å². The molecule has 0 N–H and O–H groups in total. The van der Waals surface area contributed by atoms with Crippen LogP contribution in [0.2, 0.25) is 18.1 Å². The van der Waals surface area contributed by atoms with Crippen molar-refractivity contribution in [3.63, 3.8) is 0 Å². The van der Waals surface area contributed by atoms with Crippen molar-refractivity contribution >= 4 is 41.9 Å². The molecule has 0 bridgehead atoms. The van der Waals surface area contributed by atoms with Crippen LogP contribution >= 0.6 is 22.6 Å². The van der Waals surface area contributed by atoms with Crippen LogP contribution in [0, 0.1) is 3.57 Å². The maximum absolute atomic E-state index is 6.30. The second-order valence-corrected chi connectivity index (χ2v) is 14.3. The number of hydrogen-bond donors (Lipinski definition) is 0. The Balaban J connectivity index is 1.74. The summed E-state index contributed by atoms with van der Waals surface area (Å²) in [6.45, 7) is 12.3. The van der Waals surface area contributed by atoms with Gasteiger partial charge in [0.15, 0.2) is 8.32 Å². The van der Waals surface area contributed by atoms with Crippen molar-refractivity contribution in [2.75, 3.05) is 0 Å². The normalized spacial score (nSPS) is 12.5. The van der Waals surface area contributed by atoms with Gasteiger partial charge in [-0.25, -0.2) is 0 Å². The summed E-state index contributed by atoms with van der Waals surface area (Å²) in [5, 5.41) is 1.29. The third-order valence-corrected chi connectivity index (χ3v) is 10.5. The van der Waals surface area contributed by atoms with Gasteiger partial charge >= 0.3 is 0 Å². The van der Waals surface area contributed by atoms with E-state index in [-0.39, 0.29) is 5.04 Å². The maximum atomic E-state index is 6.30. The number of halogens is 1. The summed E-state index contributed by atoms with van der Waals surface area (Å²) in [4.78, 5) is 0. The summed E-state index contributed by atoms with van der Waals surface area (Å²) in [5.41, 5.74) is 2.06. The molecule has 0 radical (unpaired) electrons. The van der Waals surface area contributed by atoms with Crippen molar-refractivity contribution in [2.45, 2.75) is 52.1 Å². The Morgan fingerprint density at radius 3 is 2.37 bits per heavy atom. The predicted molar refractivity (Wildman–Crippen MR) is 122 cm³/mol. The number of rotatable bonds is 6. The Morgan fingerprint density at radius 1 is 1.00 bits per heavy atom. The van der Waals surface area contributed by atoms with Crippen LogP contribution in [0.3, 0.4) is 0 Å². The fraction of sp³-hybridized carbons (Fsp3) is 0.364. The second-order valence-electron chi connectivity index (χ2n) is 8.36. The van der Waals surface area contributed by atoms with E-state index in [1.165, 1.54) is 0 Å². The van der Waals surface area contributed by atoms with E-state index in [1.54, 1.807) is 0 Å². The molecule has 3 nitrogen and oxygen atoms in total. The highest BCUT2D eigenvalue weighted by atomic mass is 127. The number of hydrogen-bond acceptors (Lipinski definition) is 3. The Morgan fingerprint density at radius 2 is 1.70 bits per heavy atom. The fourth-order valence-corrected chi connectivity index (χ4v) is 4.29. The minimum Gasteiger partial charge on any atom is -0.489 e. The number of ether oxygens (including phenoxy) is 1. The second kappa shape index (κ2) is 7.97. The lowest BCUT2D eigenvalue weighted by Gasteiger charge is -2.35. The van der Waals surface area contributed by atoms with E-state index in [0.29, 0.717) is 13.2 Å². The average molecular weight is 494 g/mol. The van der Waals surface area contributed by atoms with Crippen molar-refractivity contribution in [2.24, 2.45) is 0 Å². The third-order valence-electron chi connectivity index (χ3n) is 5.21. The first kappa shape index (κ1) is 20.4. The molecule has 3 rings (SSSR count). The summed E-state index contributed by atoms with van der Waals surface area (Å²) >= 11 is 2.33. The third kappa shape index (κ3) is 4.95. The van der Waals surface area contributed by atoms with Gasteiger partial charge in [-0.1, -0.05) is 39.0 Å². The predicted octanol–water partition coefficient (Wildman–Crippen LogP) is 7.14. The van der Waals surface area contributed by atoms with Crippen LogP contribution in [-0.2, 0) is 17.6 Å². The minimum atomic E-state index is -1.79. The molecule has 0 aliphatic carbocycles. The molecule has 0 amide bonds. The molecule has 0 aliphatic rings. The molecular weight excluding hydrogens is 467 g/mol. The molecule has 144 valence electrons. The summed E-state index contributed by atoms with van der Waals surface area (Å²) < 4.78 is 19.3. The van der Waals surface area contributed by atoms with Gasteiger partial charge in [-0.3, -0.25) is 0 Å². The van der Waals surface area contributed by atoms with Gasteiger partial charge in [0.2, 0.25) is 0 Å². The summed E-state index contributed by atoms with van der Waals surface area (Å²) in [6, 6.07) is 16.2. The molecule has 0 atom stereocenters. The molecule has 5 heteroatoms. The van der Waals surface area contributed by atoms with Gasteiger partial charge in [0, 0.05) is 5.39 Å². The van der Waals surface area contributed by atoms with Gasteiger partial charge in [-0.15, -0.1) is 0 Å². The topological polar surface area (TPSA) is 31.6 Å².